The Bertz CT molecular complexity index is 397. The van der Waals surface area contributed by atoms with Crippen LogP contribution in [0.15, 0.2) is 18.2 Å². The van der Waals surface area contributed by atoms with E-state index in [1.807, 2.05) is 22.6 Å². The lowest BCUT2D eigenvalue weighted by Gasteiger charge is -2.21. The molecule has 0 heterocycles. The summed E-state index contributed by atoms with van der Waals surface area (Å²) in [6.45, 7) is 0.862. The number of carbonyl (C=O) groups is 1. The number of carbonyl (C=O) groups excluding carboxylic acids is 1. The van der Waals surface area contributed by atoms with Crippen LogP contribution >= 0.6 is 45.8 Å². The van der Waals surface area contributed by atoms with Gasteiger partial charge in [-0.3, -0.25) is 4.79 Å². The van der Waals surface area contributed by atoms with Crippen LogP contribution in [0.5, 0.6) is 0 Å². The molecule has 94 valence electrons. The highest BCUT2D eigenvalue weighted by Crippen LogP contribution is 2.16. The molecular weight excluding hydrogens is 379 g/mol. The number of alkyl halides is 2. The minimum atomic E-state index is -0.354. The molecule has 0 fully saturated rings. The van der Waals surface area contributed by atoms with Crippen molar-refractivity contribution < 1.29 is 9.18 Å². The predicted octanol–water partition coefficient (Wildman–Crippen LogP) is 3.35. The van der Waals surface area contributed by atoms with E-state index in [1.54, 1.807) is 4.90 Å². The van der Waals surface area contributed by atoms with Crippen LogP contribution in [-0.4, -0.2) is 35.7 Å². The second-order valence-corrected chi connectivity index (χ2v) is 5.21. The van der Waals surface area contributed by atoms with Crippen molar-refractivity contribution in [1.29, 1.82) is 0 Å². The van der Waals surface area contributed by atoms with Gasteiger partial charge in [0, 0.05) is 28.4 Å². The van der Waals surface area contributed by atoms with Crippen LogP contribution in [0.25, 0.3) is 0 Å². The molecule has 1 amide bonds. The van der Waals surface area contributed by atoms with E-state index < -0.39 is 0 Å². The number of amides is 1. The number of nitrogens with zero attached hydrogens (tertiary/aromatic N) is 1. The van der Waals surface area contributed by atoms with Crippen molar-refractivity contribution in [1.82, 2.24) is 4.90 Å². The average Bonchev–Trinajstić information content (AvgIpc) is 2.28. The highest BCUT2D eigenvalue weighted by atomic mass is 127. The molecule has 0 radical (unpaired) electrons. The fourth-order valence-corrected chi connectivity index (χ4v) is 2.47. The van der Waals surface area contributed by atoms with Gasteiger partial charge in [-0.25, -0.2) is 4.39 Å². The first kappa shape index (κ1) is 15.0. The van der Waals surface area contributed by atoms with Gasteiger partial charge in [0.2, 0.25) is 0 Å². The highest BCUT2D eigenvalue weighted by molar-refractivity contribution is 14.1. The first-order valence-electron chi connectivity index (χ1n) is 4.96. The van der Waals surface area contributed by atoms with Crippen LogP contribution in [0.3, 0.4) is 0 Å². The lowest BCUT2D eigenvalue weighted by molar-refractivity contribution is 0.0774. The summed E-state index contributed by atoms with van der Waals surface area (Å²) in [7, 11) is 0. The molecule has 0 aliphatic rings. The topological polar surface area (TPSA) is 20.3 Å². The molecule has 0 spiro atoms. The SMILES string of the molecule is O=C(c1ccc(F)cc1I)N(CCCl)CCCl. The Kier molecular flexibility index (Phi) is 6.51. The van der Waals surface area contributed by atoms with E-state index in [0.29, 0.717) is 34.0 Å². The lowest BCUT2D eigenvalue weighted by atomic mass is 10.2. The van der Waals surface area contributed by atoms with Crippen LogP contribution in [0.1, 0.15) is 10.4 Å². The van der Waals surface area contributed by atoms with E-state index in [4.69, 9.17) is 23.2 Å². The lowest BCUT2D eigenvalue weighted by Crippen LogP contribution is -2.34. The fraction of sp³-hybridized carbons (Fsp3) is 0.364. The summed E-state index contributed by atoms with van der Waals surface area (Å²) in [6, 6.07) is 4.08. The molecule has 0 aliphatic carbocycles. The molecular formula is C11H11Cl2FINO. The fourth-order valence-electron chi connectivity index (χ4n) is 1.35. The van der Waals surface area contributed by atoms with Gasteiger partial charge in [0.05, 0.1) is 5.56 Å². The van der Waals surface area contributed by atoms with Gasteiger partial charge in [-0.2, -0.15) is 0 Å². The molecule has 0 bridgehead atoms. The Morgan fingerprint density at radius 2 is 1.88 bits per heavy atom. The summed E-state index contributed by atoms with van der Waals surface area (Å²) in [6.07, 6.45) is 0. The van der Waals surface area contributed by atoms with Crippen molar-refractivity contribution in [2.75, 3.05) is 24.8 Å². The predicted molar refractivity (Wildman–Crippen MR) is 76.5 cm³/mol. The molecule has 0 saturated heterocycles. The summed E-state index contributed by atoms with van der Waals surface area (Å²) >= 11 is 13.2. The van der Waals surface area contributed by atoms with Gasteiger partial charge in [0.25, 0.3) is 5.91 Å². The second kappa shape index (κ2) is 7.38. The molecule has 1 aromatic carbocycles. The summed E-state index contributed by atoms with van der Waals surface area (Å²) in [5.74, 6) is 0.170. The first-order valence-corrected chi connectivity index (χ1v) is 7.11. The zero-order valence-corrected chi connectivity index (χ0v) is 12.6. The molecule has 0 saturated carbocycles. The summed E-state index contributed by atoms with van der Waals surface area (Å²) in [5, 5.41) is 0. The normalized spacial score (nSPS) is 10.4. The first-order chi connectivity index (χ1) is 8.10. The smallest absolute Gasteiger partial charge is 0.255 e. The third-order valence-electron chi connectivity index (χ3n) is 2.16. The molecule has 6 heteroatoms. The largest absolute Gasteiger partial charge is 0.336 e. The quantitative estimate of drug-likeness (QED) is 0.558. The van der Waals surface area contributed by atoms with E-state index >= 15 is 0 Å². The number of benzene rings is 1. The van der Waals surface area contributed by atoms with Crippen LogP contribution in [0, 0.1) is 9.39 Å². The molecule has 17 heavy (non-hydrogen) atoms. The molecule has 0 aliphatic heterocycles. The van der Waals surface area contributed by atoms with E-state index in [0.717, 1.165) is 0 Å². The number of hydrogen-bond donors (Lipinski definition) is 0. The Balaban J connectivity index is 2.92. The molecule has 1 rings (SSSR count). The summed E-state index contributed by atoms with van der Waals surface area (Å²) < 4.78 is 13.5. The van der Waals surface area contributed by atoms with E-state index in [9.17, 15) is 9.18 Å². The number of hydrogen-bond acceptors (Lipinski definition) is 1. The minimum Gasteiger partial charge on any atom is -0.336 e. The van der Waals surface area contributed by atoms with Gasteiger partial charge in [0.15, 0.2) is 0 Å². The molecule has 0 atom stereocenters. The van der Waals surface area contributed by atoms with Gasteiger partial charge in [-0.1, -0.05) is 0 Å². The van der Waals surface area contributed by atoms with Crippen molar-refractivity contribution in [2.45, 2.75) is 0 Å². The molecule has 1 aromatic rings. The zero-order chi connectivity index (χ0) is 12.8. The Morgan fingerprint density at radius 3 is 2.35 bits per heavy atom. The van der Waals surface area contributed by atoms with E-state index in [-0.39, 0.29) is 11.7 Å². The van der Waals surface area contributed by atoms with Gasteiger partial charge >= 0.3 is 0 Å². The van der Waals surface area contributed by atoms with Crippen LogP contribution in [-0.2, 0) is 0 Å². The van der Waals surface area contributed by atoms with Crippen molar-refractivity contribution in [3.63, 3.8) is 0 Å². The monoisotopic (exact) mass is 389 g/mol. The van der Waals surface area contributed by atoms with Gasteiger partial charge < -0.3 is 4.90 Å². The summed E-state index contributed by atoms with van der Waals surface area (Å²) in [5.41, 5.74) is 0.474. The maximum atomic E-state index is 12.9. The molecule has 0 unspecified atom stereocenters. The Morgan fingerprint density at radius 1 is 1.29 bits per heavy atom. The van der Waals surface area contributed by atoms with Crippen molar-refractivity contribution in [3.8, 4) is 0 Å². The van der Waals surface area contributed by atoms with E-state index in [1.165, 1.54) is 18.2 Å². The van der Waals surface area contributed by atoms with E-state index in [2.05, 4.69) is 0 Å². The molecule has 2 nitrogen and oxygen atoms in total. The van der Waals surface area contributed by atoms with Crippen molar-refractivity contribution >= 4 is 51.7 Å². The average molecular weight is 390 g/mol. The van der Waals surface area contributed by atoms with Crippen LogP contribution in [0.2, 0.25) is 0 Å². The highest BCUT2D eigenvalue weighted by Gasteiger charge is 2.17. The number of rotatable bonds is 5. The summed E-state index contributed by atoms with van der Waals surface area (Å²) in [4.78, 5) is 13.7. The minimum absolute atomic E-state index is 0.171. The van der Waals surface area contributed by atoms with Gasteiger partial charge in [-0.05, 0) is 40.8 Å². The standard InChI is InChI=1S/C11H11Cl2FINO/c12-3-5-16(6-4-13)11(17)9-2-1-8(14)7-10(9)15/h1-2,7H,3-6H2. The van der Waals surface area contributed by atoms with Gasteiger partial charge in [-0.15, -0.1) is 23.2 Å². The zero-order valence-electron chi connectivity index (χ0n) is 8.93. The van der Waals surface area contributed by atoms with Gasteiger partial charge in [0.1, 0.15) is 5.82 Å². The third kappa shape index (κ3) is 4.26. The maximum absolute atomic E-state index is 12.9. The van der Waals surface area contributed by atoms with Crippen LogP contribution < -0.4 is 0 Å². The molecule has 0 N–H and O–H groups in total. The van der Waals surface area contributed by atoms with Crippen molar-refractivity contribution in [2.24, 2.45) is 0 Å². The Labute approximate surface area is 123 Å². The maximum Gasteiger partial charge on any atom is 0.255 e. The molecule has 0 aromatic heterocycles. The number of halogens is 4. The van der Waals surface area contributed by atoms with Crippen LogP contribution in [0.4, 0.5) is 4.39 Å². The third-order valence-corrected chi connectivity index (χ3v) is 3.39. The van der Waals surface area contributed by atoms with Crippen molar-refractivity contribution in [3.05, 3.63) is 33.1 Å². The Hall–Kier alpha value is -0.0700. The second-order valence-electron chi connectivity index (χ2n) is 3.29.